The number of anilines is 1. The van der Waals surface area contributed by atoms with E-state index in [1.165, 1.54) is 0 Å². The second-order valence-electron chi connectivity index (χ2n) is 4.52. The fourth-order valence-electron chi connectivity index (χ4n) is 1.96. The molecule has 110 valence electrons. The van der Waals surface area contributed by atoms with E-state index >= 15 is 0 Å². The minimum atomic E-state index is -3.74. The van der Waals surface area contributed by atoms with Gasteiger partial charge in [0.05, 0.1) is 23.1 Å². The lowest BCUT2D eigenvalue weighted by Gasteiger charge is -2.12. The Morgan fingerprint density at radius 2 is 2.25 bits per heavy atom. The van der Waals surface area contributed by atoms with Crippen molar-refractivity contribution in [2.75, 3.05) is 17.1 Å². The summed E-state index contributed by atoms with van der Waals surface area (Å²) < 4.78 is 44.7. The van der Waals surface area contributed by atoms with Crippen LogP contribution in [0.2, 0.25) is 0 Å². The molecule has 0 amide bonds. The molecular formula is C12H14FNO5S. The molecule has 1 aromatic rings. The molecule has 1 fully saturated rings. The first-order chi connectivity index (χ1) is 9.37. The van der Waals surface area contributed by atoms with Gasteiger partial charge in [-0.3, -0.25) is 4.72 Å². The number of ether oxygens (including phenoxy) is 1. The van der Waals surface area contributed by atoms with Crippen LogP contribution in [0.1, 0.15) is 23.2 Å². The van der Waals surface area contributed by atoms with Gasteiger partial charge in [-0.15, -0.1) is 0 Å². The monoisotopic (exact) mass is 303 g/mol. The lowest BCUT2D eigenvalue weighted by atomic mass is 10.2. The van der Waals surface area contributed by atoms with E-state index in [2.05, 4.69) is 4.72 Å². The third kappa shape index (κ3) is 3.67. The summed E-state index contributed by atoms with van der Waals surface area (Å²) >= 11 is 0. The standard InChI is InChI=1S/C12H14FNO5S/c13-10-6-8(12(15)16)3-4-11(10)14-20(17,18)7-9-2-1-5-19-9/h3-4,6,9,14H,1-2,5,7H2,(H,15,16). The van der Waals surface area contributed by atoms with Crippen LogP contribution in [-0.2, 0) is 14.8 Å². The maximum atomic E-state index is 13.6. The van der Waals surface area contributed by atoms with Crippen LogP contribution in [0.3, 0.4) is 0 Å². The maximum Gasteiger partial charge on any atom is 0.335 e. The Morgan fingerprint density at radius 1 is 1.50 bits per heavy atom. The number of carbonyl (C=O) groups is 1. The molecule has 2 N–H and O–H groups in total. The summed E-state index contributed by atoms with van der Waals surface area (Å²) in [5.41, 5.74) is -0.516. The van der Waals surface area contributed by atoms with Crippen LogP contribution in [0.5, 0.6) is 0 Å². The first-order valence-electron chi connectivity index (χ1n) is 6.02. The normalized spacial score (nSPS) is 18.9. The van der Waals surface area contributed by atoms with E-state index in [1.807, 2.05) is 0 Å². The zero-order chi connectivity index (χ0) is 14.8. The lowest BCUT2D eigenvalue weighted by Crippen LogP contribution is -2.26. The number of rotatable bonds is 5. The molecule has 0 bridgehead atoms. The Bertz CT molecular complexity index is 610. The lowest BCUT2D eigenvalue weighted by molar-refractivity contribution is 0.0696. The maximum absolute atomic E-state index is 13.6. The SMILES string of the molecule is O=C(O)c1ccc(NS(=O)(=O)CC2CCCO2)c(F)c1. The number of nitrogens with one attached hydrogen (secondary N) is 1. The summed E-state index contributed by atoms with van der Waals surface area (Å²) in [6, 6.07) is 2.99. The zero-order valence-corrected chi connectivity index (χ0v) is 11.3. The largest absolute Gasteiger partial charge is 0.478 e. The first-order valence-corrected chi connectivity index (χ1v) is 7.67. The minimum Gasteiger partial charge on any atom is -0.478 e. The van der Waals surface area contributed by atoms with Gasteiger partial charge in [-0.2, -0.15) is 0 Å². The topological polar surface area (TPSA) is 92.7 Å². The van der Waals surface area contributed by atoms with E-state index in [-0.39, 0.29) is 23.1 Å². The molecule has 1 saturated heterocycles. The van der Waals surface area contributed by atoms with Crippen LogP contribution in [0.15, 0.2) is 18.2 Å². The fourth-order valence-corrected chi connectivity index (χ4v) is 3.30. The summed E-state index contributed by atoms with van der Waals surface area (Å²) in [6.07, 6.45) is 1.08. The van der Waals surface area contributed by atoms with Gasteiger partial charge in [-0.25, -0.2) is 17.6 Å². The summed E-state index contributed by atoms with van der Waals surface area (Å²) in [7, 11) is -3.74. The number of aromatic carboxylic acids is 1. The Labute approximate surface area is 115 Å². The van der Waals surface area contributed by atoms with Crippen molar-refractivity contribution in [3.05, 3.63) is 29.6 Å². The second-order valence-corrected chi connectivity index (χ2v) is 6.29. The van der Waals surface area contributed by atoms with Crippen LogP contribution in [-0.4, -0.2) is 38.0 Å². The Balaban J connectivity index is 2.10. The predicted molar refractivity (Wildman–Crippen MR) is 69.7 cm³/mol. The highest BCUT2D eigenvalue weighted by atomic mass is 32.2. The second kappa shape index (κ2) is 5.76. The van der Waals surface area contributed by atoms with E-state index < -0.39 is 21.8 Å². The van der Waals surface area contributed by atoms with Crippen molar-refractivity contribution >= 4 is 21.7 Å². The zero-order valence-electron chi connectivity index (χ0n) is 10.5. The van der Waals surface area contributed by atoms with E-state index in [9.17, 15) is 17.6 Å². The van der Waals surface area contributed by atoms with Gasteiger partial charge in [0.2, 0.25) is 10.0 Å². The van der Waals surface area contributed by atoms with Gasteiger partial charge in [0.15, 0.2) is 0 Å². The average Bonchev–Trinajstić information content (AvgIpc) is 2.83. The van der Waals surface area contributed by atoms with Gasteiger partial charge >= 0.3 is 5.97 Å². The molecule has 20 heavy (non-hydrogen) atoms. The average molecular weight is 303 g/mol. The molecule has 0 aliphatic carbocycles. The number of sulfonamides is 1. The summed E-state index contributed by atoms with van der Waals surface area (Å²) in [4.78, 5) is 10.7. The quantitative estimate of drug-likeness (QED) is 0.858. The number of halogens is 1. The van der Waals surface area contributed by atoms with Crippen LogP contribution in [0.4, 0.5) is 10.1 Å². The third-order valence-electron chi connectivity index (χ3n) is 2.91. The summed E-state index contributed by atoms with van der Waals surface area (Å²) in [5.74, 6) is -2.45. The first kappa shape index (κ1) is 14.7. The van der Waals surface area contributed by atoms with E-state index in [0.717, 1.165) is 24.6 Å². The highest BCUT2D eigenvalue weighted by molar-refractivity contribution is 7.92. The summed E-state index contributed by atoms with van der Waals surface area (Å²) in [5, 5.41) is 8.70. The molecular weight excluding hydrogens is 289 g/mol. The van der Waals surface area contributed by atoms with Gasteiger partial charge in [0.1, 0.15) is 5.82 Å². The molecule has 1 heterocycles. The van der Waals surface area contributed by atoms with E-state index in [1.54, 1.807) is 0 Å². The fraction of sp³-hybridized carbons (Fsp3) is 0.417. The number of benzene rings is 1. The van der Waals surface area contributed by atoms with E-state index in [0.29, 0.717) is 13.0 Å². The molecule has 1 unspecified atom stereocenters. The molecule has 0 saturated carbocycles. The highest BCUT2D eigenvalue weighted by Crippen LogP contribution is 2.19. The van der Waals surface area contributed by atoms with Crippen molar-refractivity contribution in [1.29, 1.82) is 0 Å². The number of hydrogen-bond donors (Lipinski definition) is 2. The number of carboxylic acids is 1. The molecule has 1 aliphatic heterocycles. The van der Waals surface area contributed by atoms with Crippen molar-refractivity contribution in [3.8, 4) is 0 Å². The van der Waals surface area contributed by atoms with Gasteiger partial charge in [0.25, 0.3) is 0 Å². The molecule has 0 spiro atoms. The Hall–Kier alpha value is -1.67. The summed E-state index contributed by atoms with van der Waals surface area (Å²) in [6.45, 7) is 0.530. The molecule has 1 aromatic carbocycles. The van der Waals surface area contributed by atoms with Crippen LogP contribution < -0.4 is 4.72 Å². The Morgan fingerprint density at radius 3 is 2.80 bits per heavy atom. The van der Waals surface area contributed by atoms with Crippen molar-refractivity contribution in [2.45, 2.75) is 18.9 Å². The van der Waals surface area contributed by atoms with Crippen LogP contribution >= 0.6 is 0 Å². The van der Waals surface area contributed by atoms with Crippen LogP contribution in [0, 0.1) is 5.82 Å². The van der Waals surface area contributed by atoms with Gasteiger partial charge in [-0.05, 0) is 31.0 Å². The smallest absolute Gasteiger partial charge is 0.335 e. The molecule has 0 aromatic heterocycles. The van der Waals surface area contributed by atoms with Crippen LogP contribution in [0.25, 0.3) is 0 Å². The van der Waals surface area contributed by atoms with Crippen molar-refractivity contribution in [1.82, 2.24) is 0 Å². The molecule has 2 rings (SSSR count). The minimum absolute atomic E-state index is 0.243. The third-order valence-corrected chi connectivity index (χ3v) is 4.25. The van der Waals surface area contributed by atoms with Gasteiger partial charge < -0.3 is 9.84 Å². The van der Waals surface area contributed by atoms with Crippen molar-refractivity contribution in [2.24, 2.45) is 0 Å². The van der Waals surface area contributed by atoms with Gasteiger partial charge in [0, 0.05) is 6.61 Å². The molecule has 1 aliphatic rings. The Kier molecular flexibility index (Phi) is 4.24. The number of hydrogen-bond acceptors (Lipinski definition) is 4. The van der Waals surface area contributed by atoms with Crippen molar-refractivity contribution < 1.29 is 27.4 Å². The highest BCUT2D eigenvalue weighted by Gasteiger charge is 2.24. The van der Waals surface area contributed by atoms with Crippen molar-refractivity contribution in [3.63, 3.8) is 0 Å². The van der Waals surface area contributed by atoms with E-state index in [4.69, 9.17) is 9.84 Å². The molecule has 8 heteroatoms. The van der Waals surface area contributed by atoms with Gasteiger partial charge in [-0.1, -0.05) is 0 Å². The predicted octanol–water partition coefficient (Wildman–Crippen LogP) is 1.44. The molecule has 6 nitrogen and oxygen atoms in total. The molecule has 0 radical (unpaired) electrons. The molecule has 1 atom stereocenters. The number of carboxylic acid groups (broad SMARTS) is 1.